The van der Waals surface area contributed by atoms with Crippen LogP contribution in [0.15, 0.2) is 70.3 Å². The molecule has 146 valence electrons. The van der Waals surface area contributed by atoms with Gasteiger partial charge in [0.05, 0.1) is 11.3 Å². The molecule has 1 amide bonds. The van der Waals surface area contributed by atoms with Gasteiger partial charge in [-0.2, -0.15) is 0 Å². The van der Waals surface area contributed by atoms with Crippen LogP contribution < -0.4 is 10.6 Å². The molecule has 4 aromatic rings. The summed E-state index contributed by atoms with van der Waals surface area (Å²) < 4.78 is 4.95. The molecule has 7 nitrogen and oxygen atoms in total. The minimum atomic E-state index is -0.196. The van der Waals surface area contributed by atoms with Gasteiger partial charge in [0.1, 0.15) is 11.6 Å². The number of amides is 1. The molecule has 2 aromatic carbocycles. The number of nitrogens with one attached hydrogen (secondary N) is 2. The first-order chi connectivity index (χ1) is 14.2. The standard InChI is InChI=1S/C21H19N5O2S/c1-14-11-18(26-28-14)24-19(27)13-29-21-23-17-10-6-5-9-16(17)20(25-21)22-12-15-7-3-2-4-8-15/h2-11H,12-13H2,1H3,(H,22,23,25)(H,24,26,27). The third-order valence-corrected chi connectivity index (χ3v) is 4.96. The first kappa shape index (κ1) is 18.9. The van der Waals surface area contributed by atoms with E-state index in [1.165, 1.54) is 11.8 Å². The number of thioether (sulfide) groups is 1. The van der Waals surface area contributed by atoms with Crippen molar-refractivity contribution < 1.29 is 9.32 Å². The molecule has 0 aliphatic heterocycles. The summed E-state index contributed by atoms with van der Waals surface area (Å²) in [6, 6.07) is 19.6. The number of carbonyl (C=O) groups excluding carboxylic acids is 1. The number of hydrogen-bond acceptors (Lipinski definition) is 7. The summed E-state index contributed by atoms with van der Waals surface area (Å²) in [7, 11) is 0. The number of fused-ring (bicyclic) bond motifs is 1. The Hall–Kier alpha value is -3.39. The second-order valence-electron chi connectivity index (χ2n) is 6.37. The molecule has 29 heavy (non-hydrogen) atoms. The number of aromatic nitrogens is 3. The Balaban J connectivity index is 1.48. The Labute approximate surface area is 171 Å². The second kappa shape index (κ2) is 8.74. The number of carbonyl (C=O) groups is 1. The van der Waals surface area contributed by atoms with E-state index < -0.39 is 0 Å². The smallest absolute Gasteiger partial charge is 0.236 e. The van der Waals surface area contributed by atoms with Gasteiger partial charge in [-0.05, 0) is 24.6 Å². The molecule has 8 heteroatoms. The fraction of sp³-hybridized carbons (Fsp3) is 0.143. The van der Waals surface area contributed by atoms with E-state index in [0.717, 1.165) is 22.3 Å². The van der Waals surface area contributed by atoms with Crippen molar-refractivity contribution in [2.75, 3.05) is 16.4 Å². The van der Waals surface area contributed by atoms with Crippen LogP contribution in [0.1, 0.15) is 11.3 Å². The minimum absolute atomic E-state index is 0.169. The van der Waals surface area contributed by atoms with Crippen LogP contribution >= 0.6 is 11.8 Å². The molecule has 0 bridgehead atoms. The molecular weight excluding hydrogens is 386 g/mol. The average molecular weight is 405 g/mol. The summed E-state index contributed by atoms with van der Waals surface area (Å²) >= 11 is 1.27. The van der Waals surface area contributed by atoms with Gasteiger partial charge in [0.25, 0.3) is 0 Å². The lowest BCUT2D eigenvalue weighted by atomic mass is 10.2. The molecular formula is C21H19N5O2S. The molecule has 0 saturated carbocycles. The molecule has 0 aliphatic carbocycles. The minimum Gasteiger partial charge on any atom is -0.365 e. The predicted molar refractivity (Wildman–Crippen MR) is 114 cm³/mol. The molecule has 0 aliphatic rings. The van der Waals surface area contributed by atoms with Crippen molar-refractivity contribution in [1.29, 1.82) is 0 Å². The topological polar surface area (TPSA) is 92.9 Å². The van der Waals surface area contributed by atoms with E-state index in [1.54, 1.807) is 13.0 Å². The highest BCUT2D eigenvalue weighted by molar-refractivity contribution is 7.99. The Morgan fingerprint density at radius 3 is 2.66 bits per heavy atom. The van der Waals surface area contributed by atoms with Crippen LogP contribution in [0.5, 0.6) is 0 Å². The quantitative estimate of drug-likeness (QED) is 0.350. The number of rotatable bonds is 7. The average Bonchev–Trinajstić information content (AvgIpc) is 3.15. The highest BCUT2D eigenvalue weighted by Gasteiger charge is 2.11. The van der Waals surface area contributed by atoms with Crippen LogP contribution in [0.2, 0.25) is 0 Å². The van der Waals surface area contributed by atoms with Crippen LogP contribution in [-0.4, -0.2) is 26.8 Å². The first-order valence-electron chi connectivity index (χ1n) is 9.08. The Bertz CT molecular complexity index is 1130. The Morgan fingerprint density at radius 2 is 1.86 bits per heavy atom. The fourth-order valence-corrected chi connectivity index (χ4v) is 3.42. The Morgan fingerprint density at radius 1 is 1.07 bits per heavy atom. The lowest BCUT2D eigenvalue weighted by Crippen LogP contribution is -2.14. The molecule has 0 unspecified atom stereocenters. The molecule has 0 saturated heterocycles. The van der Waals surface area contributed by atoms with E-state index in [9.17, 15) is 4.79 Å². The van der Waals surface area contributed by atoms with Crippen molar-refractivity contribution in [1.82, 2.24) is 15.1 Å². The predicted octanol–water partition coefficient (Wildman–Crippen LogP) is 4.27. The largest absolute Gasteiger partial charge is 0.365 e. The van der Waals surface area contributed by atoms with Crippen LogP contribution in [0, 0.1) is 6.92 Å². The Kier molecular flexibility index (Phi) is 5.71. The van der Waals surface area contributed by atoms with Gasteiger partial charge in [-0.3, -0.25) is 4.79 Å². The lowest BCUT2D eigenvalue weighted by molar-refractivity contribution is -0.113. The van der Waals surface area contributed by atoms with Crippen molar-refractivity contribution in [2.45, 2.75) is 18.6 Å². The van der Waals surface area contributed by atoms with Crippen molar-refractivity contribution in [3.63, 3.8) is 0 Å². The highest BCUT2D eigenvalue weighted by atomic mass is 32.2. The van der Waals surface area contributed by atoms with E-state index in [0.29, 0.717) is 23.3 Å². The summed E-state index contributed by atoms with van der Waals surface area (Å²) in [6.45, 7) is 2.42. The van der Waals surface area contributed by atoms with Gasteiger partial charge in [0.2, 0.25) is 5.91 Å². The van der Waals surface area contributed by atoms with Gasteiger partial charge in [-0.1, -0.05) is 59.4 Å². The normalized spacial score (nSPS) is 10.8. The van der Waals surface area contributed by atoms with Crippen LogP contribution in [0.4, 0.5) is 11.6 Å². The van der Waals surface area contributed by atoms with E-state index in [1.807, 2.05) is 42.5 Å². The molecule has 0 spiro atoms. The van der Waals surface area contributed by atoms with Gasteiger partial charge in [-0.15, -0.1) is 0 Å². The molecule has 2 N–H and O–H groups in total. The molecule has 4 rings (SSSR count). The van der Waals surface area contributed by atoms with Crippen molar-refractivity contribution in [3.8, 4) is 0 Å². The third kappa shape index (κ3) is 4.91. The SMILES string of the molecule is Cc1cc(NC(=O)CSc2nc(NCc3ccccc3)c3ccccc3n2)no1. The number of aryl methyl sites for hydroxylation is 1. The number of para-hydroxylation sites is 1. The summed E-state index contributed by atoms with van der Waals surface area (Å²) in [5.41, 5.74) is 1.99. The maximum Gasteiger partial charge on any atom is 0.236 e. The van der Waals surface area contributed by atoms with Crippen LogP contribution in [-0.2, 0) is 11.3 Å². The third-order valence-electron chi connectivity index (χ3n) is 4.11. The van der Waals surface area contributed by atoms with E-state index in [2.05, 4.69) is 37.9 Å². The number of anilines is 2. The zero-order valence-corrected chi connectivity index (χ0v) is 16.6. The van der Waals surface area contributed by atoms with Crippen LogP contribution in [0.25, 0.3) is 10.9 Å². The zero-order chi connectivity index (χ0) is 20.1. The summed E-state index contributed by atoms with van der Waals surface area (Å²) in [4.78, 5) is 21.4. The lowest BCUT2D eigenvalue weighted by Gasteiger charge is -2.10. The van der Waals surface area contributed by atoms with E-state index >= 15 is 0 Å². The summed E-state index contributed by atoms with van der Waals surface area (Å²) in [5, 5.41) is 11.3. The maximum absolute atomic E-state index is 12.2. The maximum atomic E-state index is 12.2. The number of nitrogens with zero attached hydrogens (tertiary/aromatic N) is 3. The van der Waals surface area contributed by atoms with Gasteiger partial charge >= 0.3 is 0 Å². The first-order valence-corrected chi connectivity index (χ1v) is 10.1. The fourth-order valence-electron chi connectivity index (χ4n) is 2.77. The van der Waals surface area contributed by atoms with Crippen molar-refractivity contribution in [2.24, 2.45) is 0 Å². The molecule has 0 fully saturated rings. The molecule has 0 atom stereocenters. The van der Waals surface area contributed by atoms with E-state index in [4.69, 9.17) is 4.52 Å². The van der Waals surface area contributed by atoms with Crippen molar-refractivity contribution >= 4 is 40.2 Å². The highest BCUT2D eigenvalue weighted by Crippen LogP contribution is 2.25. The zero-order valence-electron chi connectivity index (χ0n) is 15.8. The second-order valence-corrected chi connectivity index (χ2v) is 7.31. The van der Waals surface area contributed by atoms with E-state index in [-0.39, 0.29) is 11.7 Å². The summed E-state index contributed by atoms with van der Waals surface area (Å²) in [5.74, 6) is 1.76. The van der Waals surface area contributed by atoms with Crippen LogP contribution in [0.3, 0.4) is 0 Å². The van der Waals surface area contributed by atoms with Gasteiger partial charge in [0.15, 0.2) is 11.0 Å². The van der Waals surface area contributed by atoms with Gasteiger partial charge in [-0.25, -0.2) is 9.97 Å². The molecule has 2 heterocycles. The van der Waals surface area contributed by atoms with Crippen molar-refractivity contribution in [3.05, 3.63) is 72.0 Å². The molecule has 2 aromatic heterocycles. The summed E-state index contributed by atoms with van der Waals surface area (Å²) in [6.07, 6.45) is 0. The monoisotopic (exact) mass is 405 g/mol. The van der Waals surface area contributed by atoms with Gasteiger partial charge < -0.3 is 15.2 Å². The number of benzene rings is 2. The van der Waals surface area contributed by atoms with Gasteiger partial charge in [0, 0.05) is 18.0 Å². The number of hydrogen-bond donors (Lipinski definition) is 2. The molecule has 0 radical (unpaired) electrons.